The van der Waals surface area contributed by atoms with E-state index in [4.69, 9.17) is 4.74 Å². The number of hydrogen-bond donors (Lipinski definition) is 3. The van der Waals surface area contributed by atoms with Crippen LogP contribution in [-0.4, -0.2) is 37.1 Å². The van der Waals surface area contributed by atoms with Crippen LogP contribution in [0, 0.1) is 0 Å². The standard InChI is InChI=1S/C21H19F3N4O4/c1-2-10-25-19(30)20(31)28-26-12-14-6-3-4-9-17(14)32-13-18(29)27-16-8-5-7-15(11-16)21(22,23)24/h2-9,11-12H,1,10,13H2,(H,25,30)(H,27,29)(H,28,31)/b26-12-. The lowest BCUT2D eigenvalue weighted by atomic mass is 10.2. The van der Waals surface area contributed by atoms with E-state index in [0.29, 0.717) is 5.56 Å². The van der Waals surface area contributed by atoms with Crippen LogP contribution in [0.15, 0.2) is 66.3 Å². The Kier molecular flexibility index (Phi) is 8.52. The van der Waals surface area contributed by atoms with Crippen LogP contribution in [-0.2, 0) is 20.6 Å². The summed E-state index contributed by atoms with van der Waals surface area (Å²) >= 11 is 0. The first kappa shape index (κ1) is 24.1. The normalized spacial score (nSPS) is 11.0. The molecule has 0 aromatic heterocycles. The maximum atomic E-state index is 12.8. The number of hydrazone groups is 1. The van der Waals surface area contributed by atoms with Crippen molar-refractivity contribution in [1.29, 1.82) is 0 Å². The van der Waals surface area contributed by atoms with Crippen LogP contribution in [0.1, 0.15) is 11.1 Å². The van der Waals surface area contributed by atoms with Crippen LogP contribution in [0.25, 0.3) is 0 Å². The van der Waals surface area contributed by atoms with Crippen molar-refractivity contribution in [1.82, 2.24) is 10.7 Å². The summed E-state index contributed by atoms with van der Waals surface area (Å²) in [5.41, 5.74) is 1.50. The van der Waals surface area contributed by atoms with Crippen molar-refractivity contribution < 1.29 is 32.3 Å². The molecule has 0 saturated heterocycles. The van der Waals surface area contributed by atoms with Gasteiger partial charge in [-0.25, -0.2) is 5.43 Å². The molecule has 3 amide bonds. The molecule has 0 aliphatic rings. The van der Waals surface area contributed by atoms with Gasteiger partial charge in [-0.1, -0.05) is 24.3 Å². The number of hydrogen-bond acceptors (Lipinski definition) is 5. The first-order valence-corrected chi connectivity index (χ1v) is 9.11. The van der Waals surface area contributed by atoms with E-state index in [1.807, 2.05) is 5.43 Å². The second-order valence-electron chi connectivity index (χ2n) is 6.15. The number of benzene rings is 2. The highest BCUT2D eigenvalue weighted by Gasteiger charge is 2.30. The quantitative estimate of drug-likeness (QED) is 0.250. The van der Waals surface area contributed by atoms with E-state index >= 15 is 0 Å². The number of alkyl halides is 3. The number of carbonyl (C=O) groups excluding carboxylic acids is 3. The van der Waals surface area contributed by atoms with E-state index in [2.05, 4.69) is 22.3 Å². The Balaban J connectivity index is 1.94. The minimum absolute atomic E-state index is 0.0271. The number of amides is 3. The second kappa shape index (κ2) is 11.3. The van der Waals surface area contributed by atoms with Crippen molar-refractivity contribution in [3.8, 4) is 5.75 Å². The lowest BCUT2D eigenvalue weighted by molar-refractivity contribution is -0.139. The minimum Gasteiger partial charge on any atom is -0.483 e. The summed E-state index contributed by atoms with van der Waals surface area (Å²) in [7, 11) is 0. The summed E-state index contributed by atoms with van der Waals surface area (Å²) in [4.78, 5) is 35.1. The number of nitrogens with one attached hydrogen (secondary N) is 3. The largest absolute Gasteiger partial charge is 0.483 e. The molecule has 2 aromatic carbocycles. The SMILES string of the molecule is C=CCNC(=O)C(=O)N/N=C\c1ccccc1OCC(=O)Nc1cccc(C(F)(F)F)c1. The van der Waals surface area contributed by atoms with Gasteiger partial charge in [0.05, 0.1) is 11.8 Å². The Hall–Kier alpha value is -4.15. The summed E-state index contributed by atoms with van der Waals surface area (Å²) in [5, 5.41) is 8.27. The highest BCUT2D eigenvalue weighted by molar-refractivity contribution is 6.35. The molecule has 0 aliphatic carbocycles. The lowest BCUT2D eigenvalue weighted by Crippen LogP contribution is -2.37. The van der Waals surface area contributed by atoms with Gasteiger partial charge in [-0.05, 0) is 30.3 Å². The molecule has 11 heteroatoms. The molecule has 0 saturated carbocycles. The predicted octanol–water partition coefficient (Wildman–Crippen LogP) is 2.48. The zero-order valence-electron chi connectivity index (χ0n) is 16.6. The Morgan fingerprint density at radius 1 is 1.06 bits per heavy atom. The first-order chi connectivity index (χ1) is 15.2. The number of anilines is 1. The van der Waals surface area contributed by atoms with Gasteiger partial charge in [0.1, 0.15) is 5.75 Å². The van der Waals surface area contributed by atoms with Crippen LogP contribution >= 0.6 is 0 Å². The van der Waals surface area contributed by atoms with Crippen LogP contribution in [0.4, 0.5) is 18.9 Å². The molecule has 0 aliphatic heterocycles. The van der Waals surface area contributed by atoms with E-state index in [-0.39, 0.29) is 18.0 Å². The molecule has 2 rings (SSSR count). The number of halogens is 3. The van der Waals surface area contributed by atoms with Gasteiger partial charge in [0.25, 0.3) is 5.91 Å². The van der Waals surface area contributed by atoms with Crippen molar-refractivity contribution >= 4 is 29.6 Å². The fraction of sp³-hybridized carbons (Fsp3) is 0.143. The molecule has 8 nitrogen and oxygen atoms in total. The Morgan fingerprint density at radius 2 is 1.81 bits per heavy atom. The average Bonchev–Trinajstić information content (AvgIpc) is 2.76. The molecule has 0 radical (unpaired) electrons. The van der Waals surface area contributed by atoms with Crippen LogP contribution in [0.3, 0.4) is 0 Å². The molecule has 0 atom stereocenters. The molecule has 2 aromatic rings. The monoisotopic (exact) mass is 448 g/mol. The number of para-hydroxylation sites is 1. The van der Waals surface area contributed by atoms with Gasteiger partial charge in [0.15, 0.2) is 6.61 Å². The first-order valence-electron chi connectivity index (χ1n) is 9.11. The maximum absolute atomic E-state index is 12.8. The summed E-state index contributed by atoms with van der Waals surface area (Å²) in [6.45, 7) is 3.04. The average molecular weight is 448 g/mol. The topological polar surface area (TPSA) is 109 Å². The fourth-order valence-corrected chi connectivity index (χ4v) is 2.29. The molecule has 168 valence electrons. The summed E-state index contributed by atoms with van der Waals surface area (Å²) in [5.74, 6) is -2.33. The molecular formula is C21H19F3N4O4. The van der Waals surface area contributed by atoms with Crippen LogP contribution < -0.4 is 20.8 Å². The van der Waals surface area contributed by atoms with Gasteiger partial charge in [-0.3, -0.25) is 14.4 Å². The Morgan fingerprint density at radius 3 is 2.53 bits per heavy atom. The van der Waals surface area contributed by atoms with E-state index in [1.54, 1.807) is 18.2 Å². The lowest BCUT2D eigenvalue weighted by Gasteiger charge is -2.11. The molecular weight excluding hydrogens is 429 g/mol. The van der Waals surface area contributed by atoms with Crippen molar-refractivity contribution in [2.45, 2.75) is 6.18 Å². The van der Waals surface area contributed by atoms with Crippen LogP contribution in [0.2, 0.25) is 0 Å². The number of carbonyl (C=O) groups is 3. The van der Waals surface area contributed by atoms with Gasteiger partial charge < -0.3 is 15.4 Å². The third kappa shape index (κ3) is 7.59. The van der Waals surface area contributed by atoms with E-state index < -0.39 is 36.1 Å². The second-order valence-corrected chi connectivity index (χ2v) is 6.15. The zero-order valence-corrected chi connectivity index (χ0v) is 16.6. The fourth-order valence-electron chi connectivity index (χ4n) is 2.29. The summed E-state index contributed by atoms with van der Waals surface area (Å²) < 4.78 is 43.7. The third-order valence-corrected chi connectivity index (χ3v) is 3.73. The molecule has 0 heterocycles. The van der Waals surface area contributed by atoms with E-state index in [9.17, 15) is 27.6 Å². The number of nitrogens with zero attached hydrogens (tertiary/aromatic N) is 1. The van der Waals surface area contributed by atoms with Crippen molar-refractivity contribution in [3.63, 3.8) is 0 Å². The van der Waals surface area contributed by atoms with Crippen LogP contribution in [0.5, 0.6) is 5.75 Å². The van der Waals surface area contributed by atoms with Gasteiger partial charge in [-0.2, -0.15) is 18.3 Å². The van der Waals surface area contributed by atoms with Crippen molar-refractivity contribution in [2.75, 3.05) is 18.5 Å². The van der Waals surface area contributed by atoms with Gasteiger partial charge in [0.2, 0.25) is 0 Å². The predicted molar refractivity (Wildman–Crippen MR) is 111 cm³/mol. The molecule has 0 fully saturated rings. The maximum Gasteiger partial charge on any atom is 0.416 e. The van der Waals surface area contributed by atoms with Gasteiger partial charge >= 0.3 is 18.0 Å². The van der Waals surface area contributed by atoms with Crippen molar-refractivity contribution in [3.05, 3.63) is 72.3 Å². The number of rotatable bonds is 8. The van der Waals surface area contributed by atoms with E-state index in [1.165, 1.54) is 30.5 Å². The Bertz CT molecular complexity index is 1020. The summed E-state index contributed by atoms with van der Waals surface area (Å²) in [6.07, 6.45) is -1.92. The van der Waals surface area contributed by atoms with Gasteiger partial charge in [-0.15, -0.1) is 6.58 Å². The molecule has 0 bridgehead atoms. The zero-order chi connectivity index (χ0) is 23.6. The molecule has 0 unspecified atom stereocenters. The number of ether oxygens (including phenoxy) is 1. The molecule has 0 spiro atoms. The van der Waals surface area contributed by atoms with Gasteiger partial charge in [0, 0.05) is 17.8 Å². The highest BCUT2D eigenvalue weighted by Crippen LogP contribution is 2.30. The van der Waals surface area contributed by atoms with Crippen molar-refractivity contribution in [2.24, 2.45) is 5.10 Å². The highest BCUT2D eigenvalue weighted by atomic mass is 19.4. The summed E-state index contributed by atoms with van der Waals surface area (Å²) in [6, 6.07) is 10.6. The minimum atomic E-state index is -4.53. The molecule has 3 N–H and O–H groups in total. The van der Waals surface area contributed by atoms with E-state index in [0.717, 1.165) is 12.1 Å². The molecule has 32 heavy (non-hydrogen) atoms. The smallest absolute Gasteiger partial charge is 0.416 e. The Labute approximate surface area is 181 Å². The third-order valence-electron chi connectivity index (χ3n) is 3.73.